The van der Waals surface area contributed by atoms with Crippen LogP contribution in [0.5, 0.6) is 0 Å². The number of urea groups is 1. The zero-order valence-corrected chi connectivity index (χ0v) is 20.0. The van der Waals surface area contributed by atoms with Crippen molar-refractivity contribution in [1.82, 2.24) is 35.1 Å². The molecule has 1 aromatic carbocycles. The average molecular weight is 482 g/mol. The number of pyridine rings is 1. The van der Waals surface area contributed by atoms with Crippen molar-refractivity contribution in [3.8, 4) is 11.5 Å². The fraction of sp³-hybridized carbons (Fsp3) is 0.231. The first kappa shape index (κ1) is 23.3. The van der Waals surface area contributed by atoms with Crippen molar-refractivity contribution >= 4 is 23.4 Å². The van der Waals surface area contributed by atoms with Gasteiger partial charge in [0, 0.05) is 56.4 Å². The summed E-state index contributed by atoms with van der Waals surface area (Å²) in [5, 5.41) is 9.47. The molecule has 182 valence electrons. The molecular formula is C26H27N9O. The lowest BCUT2D eigenvalue weighted by Crippen LogP contribution is -2.48. The van der Waals surface area contributed by atoms with Gasteiger partial charge in [-0.05, 0) is 48.9 Å². The summed E-state index contributed by atoms with van der Waals surface area (Å²) in [4.78, 5) is 36.8. The fourth-order valence-electron chi connectivity index (χ4n) is 3.92. The lowest BCUT2D eigenvalue weighted by molar-refractivity contribution is 0.204. The normalized spacial score (nSPS) is 13.3. The van der Waals surface area contributed by atoms with Gasteiger partial charge < -0.3 is 20.9 Å². The van der Waals surface area contributed by atoms with Crippen molar-refractivity contribution in [3.63, 3.8) is 0 Å². The minimum atomic E-state index is -0.0822. The molecule has 1 aliphatic rings. The summed E-state index contributed by atoms with van der Waals surface area (Å²) in [6, 6.07) is 17.0. The van der Waals surface area contributed by atoms with E-state index in [0.717, 1.165) is 30.0 Å². The zero-order chi connectivity index (χ0) is 24.7. The largest absolute Gasteiger partial charge is 0.325 e. The van der Waals surface area contributed by atoms with Crippen LogP contribution in [0.1, 0.15) is 17.1 Å². The van der Waals surface area contributed by atoms with Gasteiger partial charge in [-0.1, -0.05) is 18.2 Å². The first-order valence-electron chi connectivity index (χ1n) is 11.8. The third-order valence-electron chi connectivity index (χ3n) is 5.68. The second-order valence-electron chi connectivity index (χ2n) is 8.46. The predicted octanol–water partition coefficient (Wildman–Crippen LogP) is 3.41. The monoisotopic (exact) mass is 481 g/mol. The number of amides is 2. The number of anilines is 3. The van der Waals surface area contributed by atoms with Crippen LogP contribution in [0.3, 0.4) is 0 Å². The number of piperazine rings is 1. The number of nitrogens with one attached hydrogen (secondary N) is 3. The molecule has 1 aliphatic heterocycles. The molecule has 0 saturated carbocycles. The van der Waals surface area contributed by atoms with Crippen LogP contribution in [-0.4, -0.2) is 62.0 Å². The molecule has 0 aliphatic carbocycles. The van der Waals surface area contributed by atoms with Crippen LogP contribution >= 0.6 is 0 Å². The van der Waals surface area contributed by atoms with Crippen LogP contribution in [0, 0.1) is 6.92 Å². The third-order valence-corrected chi connectivity index (χ3v) is 5.68. The highest BCUT2D eigenvalue weighted by Crippen LogP contribution is 2.18. The summed E-state index contributed by atoms with van der Waals surface area (Å²) in [5.41, 5.74) is 3.37. The molecule has 10 nitrogen and oxygen atoms in total. The Morgan fingerprint density at radius 3 is 2.56 bits per heavy atom. The summed E-state index contributed by atoms with van der Waals surface area (Å²) in [6.07, 6.45) is 3.93. The van der Waals surface area contributed by atoms with Crippen molar-refractivity contribution in [1.29, 1.82) is 0 Å². The molecule has 2 amide bonds. The summed E-state index contributed by atoms with van der Waals surface area (Å²) < 4.78 is 0. The third kappa shape index (κ3) is 5.97. The Morgan fingerprint density at radius 2 is 1.72 bits per heavy atom. The van der Waals surface area contributed by atoms with Crippen molar-refractivity contribution in [2.75, 3.05) is 36.8 Å². The number of benzene rings is 1. The molecule has 4 heterocycles. The highest BCUT2D eigenvalue weighted by molar-refractivity contribution is 5.89. The Balaban J connectivity index is 1.26. The number of hydrogen-bond donors (Lipinski definition) is 3. The van der Waals surface area contributed by atoms with Gasteiger partial charge in [0.15, 0.2) is 5.82 Å². The molecule has 5 rings (SSSR count). The molecule has 10 heteroatoms. The quantitative estimate of drug-likeness (QED) is 0.383. The smallest absolute Gasteiger partial charge is 0.321 e. The molecule has 0 bridgehead atoms. The molecule has 0 spiro atoms. The first-order chi connectivity index (χ1) is 17.6. The molecule has 4 aromatic rings. The van der Waals surface area contributed by atoms with E-state index in [0.29, 0.717) is 48.5 Å². The van der Waals surface area contributed by atoms with Crippen molar-refractivity contribution < 1.29 is 4.79 Å². The molecule has 3 N–H and O–H groups in total. The van der Waals surface area contributed by atoms with E-state index >= 15 is 0 Å². The van der Waals surface area contributed by atoms with Crippen LogP contribution in [0.15, 0.2) is 67.0 Å². The van der Waals surface area contributed by atoms with Crippen LogP contribution in [0.2, 0.25) is 0 Å². The van der Waals surface area contributed by atoms with E-state index in [-0.39, 0.29) is 6.03 Å². The maximum atomic E-state index is 12.5. The summed E-state index contributed by atoms with van der Waals surface area (Å²) >= 11 is 0. The number of carbonyl (C=O) groups is 1. The highest BCUT2D eigenvalue weighted by atomic mass is 16.2. The first-order valence-corrected chi connectivity index (χ1v) is 11.8. The Labute approximate surface area is 209 Å². The minimum absolute atomic E-state index is 0.0822. The molecule has 36 heavy (non-hydrogen) atoms. The van der Waals surface area contributed by atoms with Crippen molar-refractivity contribution in [2.24, 2.45) is 0 Å². The number of rotatable bonds is 6. The van der Waals surface area contributed by atoms with Gasteiger partial charge in [-0.2, -0.15) is 0 Å². The van der Waals surface area contributed by atoms with Gasteiger partial charge >= 0.3 is 6.03 Å². The van der Waals surface area contributed by atoms with Crippen molar-refractivity contribution in [2.45, 2.75) is 13.3 Å². The molecule has 0 radical (unpaired) electrons. The Bertz CT molecular complexity index is 1350. The SMILES string of the molecule is Cc1cccc(-c2nccc(Nc3ccnc(Cc4cccc(NC(=O)N5CCNCC5)c4)n3)n2)n1. The van der Waals surface area contributed by atoms with Gasteiger partial charge in [-0.3, -0.25) is 0 Å². The fourth-order valence-corrected chi connectivity index (χ4v) is 3.92. The van der Waals surface area contributed by atoms with E-state index in [1.54, 1.807) is 24.5 Å². The summed E-state index contributed by atoms with van der Waals surface area (Å²) in [6.45, 7) is 4.97. The van der Waals surface area contributed by atoms with E-state index in [4.69, 9.17) is 0 Å². The topological polar surface area (TPSA) is 121 Å². The molecular weight excluding hydrogens is 454 g/mol. The van der Waals surface area contributed by atoms with Crippen LogP contribution in [0.25, 0.3) is 11.5 Å². The number of aryl methyl sites for hydroxylation is 1. The van der Waals surface area contributed by atoms with Gasteiger partial charge in [-0.15, -0.1) is 0 Å². The molecule has 1 fully saturated rings. The number of hydrogen-bond acceptors (Lipinski definition) is 8. The van der Waals surface area contributed by atoms with E-state index in [1.165, 1.54) is 0 Å². The Kier molecular flexibility index (Phi) is 7.04. The lowest BCUT2D eigenvalue weighted by Gasteiger charge is -2.27. The molecule has 0 atom stereocenters. The maximum Gasteiger partial charge on any atom is 0.321 e. The second-order valence-corrected chi connectivity index (χ2v) is 8.46. The van der Waals surface area contributed by atoms with Crippen molar-refractivity contribution in [3.05, 3.63) is 84.1 Å². The second kappa shape index (κ2) is 10.9. The summed E-state index contributed by atoms with van der Waals surface area (Å²) in [5.74, 6) is 2.44. The van der Waals surface area contributed by atoms with Crippen LogP contribution < -0.4 is 16.0 Å². The molecule has 0 unspecified atom stereocenters. The molecule has 1 saturated heterocycles. The summed E-state index contributed by atoms with van der Waals surface area (Å²) in [7, 11) is 0. The van der Waals surface area contributed by atoms with Gasteiger partial charge in [0.25, 0.3) is 0 Å². The van der Waals surface area contributed by atoms with E-state index in [1.807, 2.05) is 54.3 Å². The van der Waals surface area contributed by atoms with E-state index in [2.05, 4.69) is 40.9 Å². The average Bonchev–Trinajstić information content (AvgIpc) is 2.90. The maximum absolute atomic E-state index is 12.5. The van der Waals surface area contributed by atoms with Crippen LogP contribution in [-0.2, 0) is 6.42 Å². The number of carbonyl (C=O) groups excluding carboxylic acids is 1. The van der Waals surface area contributed by atoms with E-state index < -0.39 is 0 Å². The van der Waals surface area contributed by atoms with Gasteiger partial charge in [-0.25, -0.2) is 29.7 Å². The number of nitrogens with zero attached hydrogens (tertiary/aromatic N) is 6. The van der Waals surface area contributed by atoms with E-state index in [9.17, 15) is 4.79 Å². The lowest BCUT2D eigenvalue weighted by atomic mass is 10.1. The Morgan fingerprint density at radius 1 is 0.944 bits per heavy atom. The Hall–Kier alpha value is -4.44. The standard InChI is InChI=1S/C26H27N9O/c1-18-4-2-7-21(30-18)25-29-11-9-23(34-25)32-22-8-10-28-24(33-22)17-19-5-3-6-20(16-19)31-26(36)35-14-12-27-13-15-35/h2-11,16,27H,12-15,17H2,1H3,(H,31,36)(H,28,29,32,33,34). The molecule has 3 aromatic heterocycles. The highest BCUT2D eigenvalue weighted by Gasteiger charge is 2.16. The predicted molar refractivity (Wildman–Crippen MR) is 138 cm³/mol. The zero-order valence-electron chi connectivity index (χ0n) is 20.0. The van der Waals surface area contributed by atoms with Crippen LogP contribution in [0.4, 0.5) is 22.1 Å². The van der Waals surface area contributed by atoms with Gasteiger partial charge in [0.05, 0.1) is 0 Å². The van der Waals surface area contributed by atoms with Gasteiger partial charge in [0.1, 0.15) is 23.2 Å². The van der Waals surface area contributed by atoms with Gasteiger partial charge in [0.2, 0.25) is 0 Å². The number of aromatic nitrogens is 5. The minimum Gasteiger partial charge on any atom is -0.325 e.